The summed E-state index contributed by atoms with van der Waals surface area (Å²) in [6, 6.07) is 8.76. The monoisotopic (exact) mass is 232 g/mol. The number of para-hydroxylation sites is 1. The fourth-order valence-electron chi connectivity index (χ4n) is 2.82. The van der Waals surface area contributed by atoms with Gasteiger partial charge in [0.05, 0.1) is 0 Å². The minimum absolute atomic E-state index is 0.626. The Labute approximate surface area is 105 Å². The summed E-state index contributed by atoms with van der Waals surface area (Å²) in [5.74, 6) is 1.36. The van der Waals surface area contributed by atoms with Gasteiger partial charge >= 0.3 is 0 Å². The standard InChI is InChI=1S/C15H24N2/c1-12(2)9-13(10-16)11-17-8-7-14-5-3-4-6-15(14)17/h3-6,12-13H,7-11,16H2,1-2H3. The molecule has 0 fully saturated rings. The first-order valence-corrected chi connectivity index (χ1v) is 6.73. The summed E-state index contributed by atoms with van der Waals surface area (Å²) in [7, 11) is 0. The number of rotatable bonds is 5. The van der Waals surface area contributed by atoms with E-state index in [0.717, 1.165) is 25.6 Å². The fourth-order valence-corrected chi connectivity index (χ4v) is 2.82. The maximum Gasteiger partial charge on any atom is 0.0399 e. The number of nitrogens with zero attached hydrogens (tertiary/aromatic N) is 1. The third kappa shape index (κ3) is 3.01. The summed E-state index contributed by atoms with van der Waals surface area (Å²) in [6.07, 6.45) is 2.42. The van der Waals surface area contributed by atoms with Gasteiger partial charge in [-0.1, -0.05) is 32.0 Å². The van der Waals surface area contributed by atoms with Crippen LogP contribution in [-0.4, -0.2) is 19.6 Å². The molecule has 0 saturated carbocycles. The van der Waals surface area contributed by atoms with Crippen LogP contribution in [0, 0.1) is 11.8 Å². The van der Waals surface area contributed by atoms with E-state index in [-0.39, 0.29) is 0 Å². The molecule has 1 unspecified atom stereocenters. The Balaban J connectivity index is 2.00. The minimum Gasteiger partial charge on any atom is -0.371 e. The SMILES string of the molecule is CC(C)CC(CN)CN1CCc2ccccc21. The molecule has 2 rings (SSSR count). The summed E-state index contributed by atoms with van der Waals surface area (Å²) in [6.45, 7) is 7.64. The lowest BCUT2D eigenvalue weighted by Gasteiger charge is -2.26. The Bertz CT molecular complexity index is 360. The van der Waals surface area contributed by atoms with Crippen LogP contribution in [0.5, 0.6) is 0 Å². The van der Waals surface area contributed by atoms with Crippen molar-refractivity contribution in [3.63, 3.8) is 0 Å². The van der Waals surface area contributed by atoms with Crippen LogP contribution in [-0.2, 0) is 6.42 Å². The molecule has 2 heteroatoms. The van der Waals surface area contributed by atoms with Crippen LogP contribution in [0.2, 0.25) is 0 Å². The van der Waals surface area contributed by atoms with Crippen LogP contribution in [0.3, 0.4) is 0 Å². The summed E-state index contributed by atoms with van der Waals surface area (Å²) in [5, 5.41) is 0. The van der Waals surface area contributed by atoms with Gasteiger partial charge in [0.1, 0.15) is 0 Å². The molecule has 2 N–H and O–H groups in total. The smallest absolute Gasteiger partial charge is 0.0399 e. The van der Waals surface area contributed by atoms with Crippen LogP contribution in [0.4, 0.5) is 5.69 Å². The van der Waals surface area contributed by atoms with Gasteiger partial charge in [-0.25, -0.2) is 0 Å². The zero-order valence-corrected chi connectivity index (χ0v) is 11.0. The van der Waals surface area contributed by atoms with Crippen LogP contribution < -0.4 is 10.6 Å². The van der Waals surface area contributed by atoms with Gasteiger partial charge in [0.15, 0.2) is 0 Å². The van der Waals surface area contributed by atoms with Gasteiger partial charge < -0.3 is 10.6 Å². The van der Waals surface area contributed by atoms with Crippen molar-refractivity contribution < 1.29 is 0 Å². The molecule has 1 heterocycles. The van der Waals surface area contributed by atoms with Gasteiger partial charge in [-0.2, -0.15) is 0 Å². The lowest BCUT2D eigenvalue weighted by Crippen LogP contribution is -2.32. The van der Waals surface area contributed by atoms with Crippen molar-refractivity contribution in [1.82, 2.24) is 0 Å². The quantitative estimate of drug-likeness (QED) is 0.845. The molecular weight excluding hydrogens is 208 g/mol. The van der Waals surface area contributed by atoms with Crippen LogP contribution in [0.15, 0.2) is 24.3 Å². The Kier molecular flexibility index (Phi) is 4.06. The van der Waals surface area contributed by atoms with Gasteiger partial charge in [0.2, 0.25) is 0 Å². The fraction of sp³-hybridized carbons (Fsp3) is 0.600. The first-order valence-electron chi connectivity index (χ1n) is 6.73. The van der Waals surface area contributed by atoms with Crippen molar-refractivity contribution in [1.29, 1.82) is 0 Å². The maximum absolute atomic E-state index is 5.89. The van der Waals surface area contributed by atoms with E-state index in [1.54, 1.807) is 0 Å². The van der Waals surface area contributed by atoms with Crippen molar-refractivity contribution >= 4 is 5.69 Å². The Hall–Kier alpha value is -1.02. The highest BCUT2D eigenvalue weighted by molar-refractivity contribution is 5.57. The average Bonchev–Trinajstić information content (AvgIpc) is 2.71. The Morgan fingerprint density at radius 1 is 1.29 bits per heavy atom. The molecule has 0 spiro atoms. The number of hydrogen-bond donors (Lipinski definition) is 1. The van der Waals surface area contributed by atoms with Gasteiger partial charge in [-0.15, -0.1) is 0 Å². The first kappa shape index (κ1) is 12.4. The van der Waals surface area contributed by atoms with Gasteiger partial charge in [-0.05, 0) is 42.9 Å². The lowest BCUT2D eigenvalue weighted by molar-refractivity contribution is 0.416. The van der Waals surface area contributed by atoms with Gasteiger partial charge in [0.25, 0.3) is 0 Å². The van der Waals surface area contributed by atoms with E-state index in [1.165, 1.54) is 24.1 Å². The molecule has 0 bridgehead atoms. The number of nitrogens with two attached hydrogens (primary N) is 1. The molecule has 1 aliphatic heterocycles. The molecule has 0 amide bonds. The van der Waals surface area contributed by atoms with Crippen molar-refractivity contribution in [3.8, 4) is 0 Å². The lowest BCUT2D eigenvalue weighted by atomic mass is 9.96. The zero-order chi connectivity index (χ0) is 12.3. The van der Waals surface area contributed by atoms with Crippen LogP contribution >= 0.6 is 0 Å². The molecule has 2 nitrogen and oxygen atoms in total. The number of anilines is 1. The Morgan fingerprint density at radius 3 is 2.76 bits per heavy atom. The topological polar surface area (TPSA) is 29.3 Å². The van der Waals surface area contributed by atoms with E-state index in [0.29, 0.717) is 5.92 Å². The minimum atomic E-state index is 0.626. The number of benzene rings is 1. The highest BCUT2D eigenvalue weighted by atomic mass is 15.1. The summed E-state index contributed by atoms with van der Waals surface area (Å²) in [5.41, 5.74) is 8.81. The predicted octanol–water partition coefficient (Wildman–Crippen LogP) is 2.67. The third-order valence-electron chi connectivity index (χ3n) is 3.60. The second kappa shape index (κ2) is 5.54. The van der Waals surface area contributed by atoms with Gasteiger partial charge in [0, 0.05) is 18.8 Å². The van der Waals surface area contributed by atoms with Crippen LogP contribution in [0.1, 0.15) is 25.8 Å². The van der Waals surface area contributed by atoms with E-state index in [9.17, 15) is 0 Å². The molecule has 1 atom stereocenters. The summed E-state index contributed by atoms with van der Waals surface area (Å²) < 4.78 is 0. The molecule has 94 valence electrons. The molecule has 0 aromatic heterocycles. The summed E-state index contributed by atoms with van der Waals surface area (Å²) >= 11 is 0. The highest BCUT2D eigenvalue weighted by Gasteiger charge is 2.21. The van der Waals surface area contributed by atoms with Crippen molar-refractivity contribution in [2.75, 3.05) is 24.5 Å². The molecular formula is C15H24N2. The first-order chi connectivity index (χ1) is 8.20. The van der Waals surface area contributed by atoms with Crippen molar-refractivity contribution in [3.05, 3.63) is 29.8 Å². The highest BCUT2D eigenvalue weighted by Crippen LogP contribution is 2.28. The molecule has 17 heavy (non-hydrogen) atoms. The number of hydrogen-bond acceptors (Lipinski definition) is 2. The van der Waals surface area contributed by atoms with E-state index in [4.69, 9.17) is 5.73 Å². The van der Waals surface area contributed by atoms with E-state index < -0.39 is 0 Å². The molecule has 0 radical (unpaired) electrons. The van der Waals surface area contributed by atoms with E-state index in [2.05, 4.69) is 43.0 Å². The molecule has 1 aromatic carbocycles. The largest absolute Gasteiger partial charge is 0.371 e. The zero-order valence-electron chi connectivity index (χ0n) is 11.0. The van der Waals surface area contributed by atoms with E-state index >= 15 is 0 Å². The predicted molar refractivity (Wildman–Crippen MR) is 74.4 cm³/mol. The third-order valence-corrected chi connectivity index (χ3v) is 3.60. The molecule has 1 aliphatic rings. The maximum atomic E-state index is 5.89. The normalized spacial score (nSPS) is 16.4. The summed E-state index contributed by atoms with van der Waals surface area (Å²) in [4.78, 5) is 2.51. The number of fused-ring (bicyclic) bond motifs is 1. The molecule has 0 saturated heterocycles. The van der Waals surface area contributed by atoms with Crippen molar-refractivity contribution in [2.45, 2.75) is 26.7 Å². The van der Waals surface area contributed by atoms with Crippen molar-refractivity contribution in [2.24, 2.45) is 17.6 Å². The Morgan fingerprint density at radius 2 is 2.06 bits per heavy atom. The average molecular weight is 232 g/mol. The second-order valence-corrected chi connectivity index (χ2v) is 5.56. The second-order valence-electron chi connectivity index (χ2n) is 5.56. The van der Waals surface area contributed by atoms with Gasteiger partial charge in [-0.3, -0.25) is 0 Å². The molecule has 1 aromatic rings. The molecule has 0 aliphatic carbocycles. The van der Waals surface area contributed by atoms with Crippen LogP contribution in [0.25, 0.3) is 0 Å². The van der Waals surface area contributed by atoms with E-state index in [1.807, 2.05) is 0 Å².